The van der Waals surface area contributed by atoms with Crippen LogP contribution in [0.1, 0.15) is 5.56 Å². The number of rotatable bonds is 5. The van der Waals surface area contributed by atoms with Crippen LogP contribution in [0.25, 0.3) is 10.9 Å². The molecule has 3 aromatic carbocycles. The molecule has 0 spiro atoms. The van der Waals surface area contributed by atoms with Gasteiger partial charge in [0.1, 0.15) is 6.54 Å². The van der Waals surface area contributed by atoms with Gasteiger partial charge >= 0.3 is 11.8 Å². The number of aryl methyl sites for hydroxylation is 1. The Bertz CT molecular complexity index is 1410. The van der Waals surface area contributed by atoms with Gasteiger partial charge in [0.15, 0.2) is 5.69 Å². The van der Waals surface area contributed by atoms with E-state index in [1.165, 1.54) is 4.57 Å². The van der Waals surface area contributed by atoms with Gasteiger partial charge in [-0.1, -0.05) is 48.5 Å². The molecule has 4 rings (SSSR count). The number of nitrogens with one attached hydrogen (secondary N) is 2. The SMILES string of the molecule is Cc1cccc(NC(=O)Cn2c(O)c(N=NC(=O)C(=O)Nc3ccccc3)c3ccccc32)c1. The number of hydrogen-bond acceptors (Lipinski definition) is 5. The van der Waals surface area contributed by atoms with Crippen molar-refractivity contribution < 1.29 is 19.5 Å². The highest BCUT2D eigenvalue weighted by Gasteiger charge is 2.20. The van der Waals surface area contributed by atoms with Gasteiger partial charge in [0.25, 0.3) is 0 Å². The zero-order chi connectivity index (χ0) is 24.1. The molecule has 0 radical (unpaired) electrons. The second-order valence-electron chi connectivity index (χ2n) is 7.52. The topological polar surface area (TPSA) is 125 Å². The quantitative estimate of drug-likeness (QED) is 0.302. The van der Waals surface area contributed by atoms with Crippen LogP contribution >= 0.6 is 0 Å². The van der Waals surface area contributed by atoms with Gasteiger partial charge in [-0.25, -0.2) is 0 Å². The Hall–Kier alpha value is -4.79. The molecule has 0 fully saturated rings. The van der Waals surface area contributed by atoms with Crippen LogP contribution in [0.15, 0.2) is 89.1 Å². The zero-order valence-corrected chi connectivity index (χ0v) is 18.2. The predicted octanol–water partition coefficient (Wildman–Crippen LogP) is 4.54. The third-order valence-corrected chi connectivity index (χ3v) is 4.99. The van der Waals surface area contributed by atoms with Crippen molar-refractivity contribution in [2.75, 3.05) is 10.6 Å². The number of carbonyl (C=O) groups excluding carboxylic acids is 3. The number of carbonyl (C=O) groups is 3. The molecule has 0 atom stereocenters. The lowest BCUT2D eigenvalue weighted by Crippen LogP contribution is -2.20. The number of aromatic hydroxyl groups is 1. The van der Waals surface area contributed by atoms with E-state index in [0.717, 1.165) is 5.56 Å². The number of amides is 3. The van der Waals surface area contributed by atoms with Crippen molar-refractivity contribution in [1.82, 2.24) is 4.57 Å². The predicted molar refractivity (Wildman–Crippen MR) is 128 cm³/mol. The van der Waals surface area contributed by atoms with Crippen LogP contribution in [-0.4, -0.2) is 27.4 Å². The fourth-order valence-corrected chi connectivity index (χ4v) is 3.44. The first-order valence-electron chi connectivity index (χ1n) is 10.4. The summed E-state index contributed by atoms with van der Waals surface area (Å²) in [7, 11) is 0. The van der Waals surface area contributed by atoms with Crippen LogP contribution in [0.3, 0.4) is 0 Å². The number of azo groups is 1. The van der Waals surface area contributed by atoms with Crippen molar-refractivity contribution in [3.8, 4) is 5.88 Å². The zero-order valence-electron chi connectivity index (χ0n) is 18.2. The average molecular weight is 455 g/mol. The standard InChI is InChI=1S/C25H21N5O4/c1-16-8-7-11-18(14-16)26-21(31)15-30-20-13-6-5-12-19(20)22(25(30)34)28-29-24(33)23(32)27-17-9-3-2-4-10-17/h2-14,34H,15H2,1H3,(H,26,31)(H,27,32). The summed E-state index contributed by atoms with van der Waals surface area (Å²) in [5, 5.41) is 23.8. The van der Waals surface area contributed by atoms with E-state index in [-0.39, 0.29) is 24.0 Å². The van der Waals surface area contributed by atoms with E-state index in [0.29, 0.717) is 22.3 Å². The number of benzene rings is 3. The highest BCUT2D eigenvalue weighted by atomic mass is 16.3. The van der Waals surface area contributed by atoms with Crippen molar-refractivity contribution in [3.05, 3.63) is 84.4 Å². The van der Waals surface area contributed by atoms with E-state index in [2.05, 4.69) is 20.9 Å². The fraction of sp³-hybridized carbons (Fsp3) is 0.0800. The summed E-state index contributed by atoms with van der Waals surface area (Å²) in [6.45, 7) is 1.72. The number of nitrogens with zero attached hydrogens (tertiary/aromatic N) is 3. The molecule has 170 valence electrons. The number of fused-ring (bicyclic) bond motifs is 1. The first-order chi connectivity index (χ1) is 16.4. The molecule has 4 aromatic rings. The second kappa shape index (κ2) is 9.78. The molecule has 0 saturated heterocycles. The van der Waals surface area contributed by atoms with Gasteiger partial charge in [0, 0.05) is 16.8 Å². The van der Waals surface area contributed by atoms with E-state index < -0.39 is 11.8 Å². The maximum Gasteiger partial charge on any atom is 0.353 e. The monoisotopic (exact) mass is 455 g/mol. The molecule has 34 heavy (non-hydrogen) atoms. The van der Waals surface area contributed by atoms with Gasteiger partial charge in [-0.3, -0.25) is 14.4 Å². The van der Waals surface area contributed by atoms with Crippen LogP contribution in [0, 0.1) is 6.92 Å². The van der Waals surface area contributed by atoms with Crippen molar-refractivity contribution in [3.63, 3.8) is 0 Å². The summed E-state index contributed by atoms with van der Waals surface area (Å²) in [5.41, 5.74) is 2.58. The Balaban J connectivity index is 1.55. The first kappa shape index (κ1) is 22.4. The lowest BCUT2D eigenvalue weighted by atomic mass is 10.2. The van der Waals surface area contributed by atoms with Crippen molar-refractivity contribution in [2.45, 2.75) is 13.5 Å². The van der Waals surface area contributed by atoms with Crippen LogP contribution in [0.2, 0.25) is 0 Å². The first-order valence-corrected chi connectivity index (χ1v) is 10.4. The lowest BCUT2D eigenvalue weighted by molar-refractivity contribution is -0.134. The van der Waals surface area contributed by atoms with E-state index in [9.17, 15) is 19.5 Å². The van der Waals surface area contributed by atoms with Crippen LogP contribution < -0.4 is 10.6 Å². The normalized spacial score (nSPS) is 11.0. The average Bonchev–Trinajstić information content (AvgIpc) is 3.08. The van der Waals surface area contributed by atoms with Crippen LogP contribution in [0.5, 0.6) is 5.88 Å². The fourth-order valence-electron chi connectivity index (χ4n) is 3.44. The molecule has 0 aliphatic carbocycles. The van der Waals surface area contributed by atoms with Gasteiger partial charge in [-0.05, 0) is 42.8 Å². The maximum atomic E-state index is 12.6. The highest BCUT2D eigenvalue weighted by molar-refractivity contribution is 6.40. The molecular weight excluding hydrogens is 434 g/mol. The van der Waals surface area contributed by atoms with E-state index in [4.69, 9.17) is 0 Å². The Morgan fingerprint density at radius 1 is 0.882 bits per heavy atom. The summed E-state index contributed by atoms with van der Waals surface area (Å²) in [6, 6.07) is 22.7. The number of hydrogen-bond donors (Lipinski definition) is 3. The number of para-hydroxylation sites is 2. The summed E-state index contributed by atoms with van der Waals surface area (Å²) >= 11 is 0. The van der Waals surface area contributed by atoms with Crippen LogP contribution in [0.4, 0.5) is 17.1 Å². The third-order valence-electron chi connectivity index (χ3n) is 4.99. The summed E-state index contributed by atoms with van der Waals surface area (Å²) in [6.07, 6.45) is 0. The Labute approximate surface area is 194 Å². The molecule has 9 nitrogen and oxygen atoms in total. The molecule has 3 amide bonds. The van der Waals surface area contributed by atoms with Gasteiger partial charge < -0.3 is 20.3 Å². The minimum absolute atomic E-state index is 0.0141. The molecule has 0 aliphatic heterocycles. The molecule has 0 unspecified atom stereocenters. The summed E-state index contributed by atoms with van der Waals surface area (Å²) in [5.74, 6) is -2.79. The second-order valence-corrected chi connectivity index (χ2v) is 7.52. The smallest absolute Gasteiger partial charge is 0.353 e. The van der Waals surface area contributed by atoms with Gasteiger partial charge in [0.2, 0.25) is 11.8 Å². The molecule has 1 heterocycles. The van der Waals surface area contributed by atoms with Crippen molar-refractivity contribution in [2.24, 2.45) is 10.2 Å². The van der Waals surface area contributed by atoms with Gasteiger partial charge in [-0.15, -0.1) is 10.2 Å². The molecule has 1 aromatic heterocycles. The van der Waals surface area contributed by atoms with Crippen molar-refractivity contribution >= 4 is 45.7 Å². The number of anilines is 2. The summed E-state index contributed by atoms with van der Waals surface area (Å²) in [4.78, 5) is 36.9. The van der Waals surface area contributed by atoms with E-state index in [1.807, 2.05) is 25.1 Å². The van der Waals surface area contributed by atoms with Gasteiger partial charge in [-0.2, -0.15) is 0 Å². The largest absolute Gasteiger partial charge is 0.493 e. The maximum absolute atomic E-state index is 12.6. The molecule has 3 N–H and O–H groups in total. The lowest BCUT2D eigenvalue weighted by Gasteiger charge is -2.09. The Morgan fingerprint density at radius 2 is 1.59 bits per heavy atom. The van der Waals surface area contributed by atoms with Crippen molar-refractivity contribution in [1.29, 1.82) is 0 Å². The van der Waals surface area contributed by atoms with Crippen LogP contribution in [-0.2, 0) is 20.9 Å². The molecule has 0 saturated carbocycles. The highest BCUT2D eigenvalue weighted by Crippen LogP contribution is 2.38. The molecule has 9 heteroatoms. The minimum atomic E-state index is -1.13. The molecule has 0 bridgehead atoms. The third kappa shape index (κ3) is 4.99. The van der Waals surface area contributed by atoms with Gasteiger partial charge in [0.05, 0.1) is 5.52 Å². The van der Waals surface area contributed by atoms with E-state index in [1.54, 1.807) is 60.7 Å². The molecule has 0 aliphatic rings. The number of aromatic nitrogens is 1. The minimum Gasteiger partial charge on any atom is -0.493 e. The Kier molecular flexibility index (Phi) is 6.45. The summed E-state index contributed by atoms with van der Waals surface area (Å²) < 4.78 is 1.36. The van der Waals surface area contributed by atoms with E-state index >= 15 is 0 Å². The molecular formula is C25H21N5O4. The Morgan fingerprint density at radius 3 is 2.35 bits per heavy atom.